The summed E-state index contributed by atoms with van der Waals surface area (Å²) in [7, 11) is 0. The second-order valence-electron chi connectivity index (χ2n) is 2.65. The molecule has 0 bridgehead atoms. The summed E-state index contributed by atoms with van der Waals surface area (Å²) in [5.74, 6) is 0. The molecule has 1 aliphatic rings. The first-order valence-electron chi connectivity index (χ1n) is 3.37. The van der Waals surface area contributed by atoms with Crippen molar-refractivity contribution in [2.24, 2.45) is 0 Å². The molecule has 0 saturated heterocycles. The van der Waals surface area contributed by atoms with E-state index in [0.29, 0.717) is 4.83 Å². The van der Waals surface area contributed by atoms with Crippen LogP contribution < -0.4 is 0 Å². The van der Waals surface area contributed by atoms with Crippen LogP contribution in [0.1, 0.15) is 27.8 Å². The fourth-order valence-corrected chi connectivity index (χ4v) is 7.01. The Labute approximate surface area is 105 Å². The van der Waals surface area contributed by atoms with Crippen LogP contribution in [0.3, 0.4) is 0 Å². The molecule has 1 aliphatic carbocycles. The Morgan fingerprint density at radius 1 is 1.25 bits per heavy atom. The van der Waals surface area contributed by atoms with Crippen LogP contribution in [-0.4, -0.2) is 0 Å². The number of hydrogen-bond donors (Lipinski definition) is 0. The summed E-state index contributed by atoms with van der Waals surface area (Å²) >= 11 is 18.5. The Hall–Kier alpha value is 1.43. The zero-order chi connectivity index (χ0) is 8.88. The first kappa shape index (κ1) is 9.97. The van der Waals surface area contributed by atoms with Gasteiger partial charge in [-0.2, -0.15) is 0 Å². The molecule has 1 aromatic rings. The van der Waals surface area contributed by atoms with Gasteiger partial charge in [-0.25, -0.2) is 0 Å². The molecule has 0 spiro atoms. The van der Waals surface area contributed by atoms with Crippen molar-refractivity contribution in [1.29, 1.82) is 0 Å². The molecule has 66 valence electrons. The smallest absolute Gasteiger partial charge is 0.0760 e. The lowest BCUT2D eigenvalue weighted by molar-refractivity contribution is 0.872. The quantitative estimate of drug-likeness (QED) is 0.517. The van der Waals surface area contributed by atoms with E-state index >= 15 is 0 Å². The lowest BCUT2D eigenvalue weighted by Crippen LogP contribution is -1.79. The average molecular weight is 395 g/mol. The van der Waals surface area contributed by atoms with Gasteiger partial charge in [-0.05, 0) is 43.8 Å². The molecule has 0 radical (unpaired) electrons. The molecule has 0 fully saturated rings. The highest BCUT2D eigenvalue weighted by atomic mass is 79.9. The summed E-state index contributed by atoms with van der Waals surface area (Å²) in [5.41, 5.74) is 2.59. The van der Waals surface area contributed by atoms with E-state index in [9.17, 15) is 0 Å². The van der Waals surface area contributed by atoms with Gasteiger partial charge in [-0.3, -0.25) is 0 Å². The summed E-state index contributed by atoms with van der Waals surface area (Å²) < 4.78 is 2.35. The maximum atomic E-state index is 6.18. The normalized spacial score (nSPS) is 27.7. The molecule has 0 saturated carbocycles. The average Bonchev–Trinajstić information content (AvgIpc) is 2.38. The van der Waals surface area contributed by atoms with Gasteiger partial charge in [0.25, 0.3) is 0 Å². The van der Waals surface area contributed by atoms with Crippen LogP contribution in [0.4, 0.5) is 0 Å². The molecule has 0 N–H and O–H groups in total. The largest absolute Gasteiger partial charge is 0.121 e. The van der Waals surface area contributed by atoms with Crippen molar-refractivity contribution in [1.82, 2.24) is 0 Å². The fraction of sp³-hybridized carbons (Fsp3) is 0.429. The van der Waals surface area contributed by atoms with Gasteiger partial charge < -0.3 is 0 Å². The number of rotatable bonds is 0. The van der Waals surface area contributed by atoms with E-state index in [1.807, 2.05) is 0 Å². The molecule has 0 nitrogen and oxygen atoms in total. The third-order valence-electron chi connectivity index (χ3n) is 1.93. The molecule has 5 heteroatoms. The SMILES string of the molecule is Cl[C@@H]1C[C@H](Br)c2c(Br)sc(Br)c21. The Balaban J connectivity index is 2.62. The van der Waals surface area contributed by atoms with Crippen molar-refractivity contribution in [3.63, 3.8) is 0 Å². The summed E-state index contributed by atoms with van der Waals surface area (Å²) in [6.45, 7) is 0. The van der Waals surface area contributed by atoms with Gasteiger partial charge in [0, 0.05) is 10.4 Å². The predicted octanol–water partition coefficient (Wildman–Crippen LogP) is 5.39. The highest BCUT2D eigenvalue weighted by Crippen LogP contribution is 2.55. The van der Waals surface area contributed by atoms with E-state index in [1.165, 1.54) is 14.9 Å². The van der Waals surface area contributed by atoms with Crippen LogP contribution in [0.15, 0.2) is 7.57 Å². The minimum absolute atomic E-state index is 0.154. The van der Waals surface area contributed by atoms with Crippen molar-refractivity contribution in [2.45, 2.75) is 16.6 Å². The first-order valence-corrected chi connectivity index (χ1v) is 7.12. The first-order chi connectivity index (χ1) is 5.61. The molecule has 0 aromatic carbocycles. The zero-order valence-electron chi connectivity index (χ0n) is 5.78. The number of hydrogen-bond acceptors (Lipinski definition) is 1. The zero-order valence-corrected chi connectivity index (χ0v) is 12.1. The van der Waals surface area contributed by atoms with Crippen LogP contribution in [0, 0.1) is 0 Å². The Morgan fingerprint density at radius 2 is 1.83 bits per heavy atom. The maximum Gasteiger partial charge on any atom is 0.0760 e. The molecule has 0 aliphatic heterocycles. The number of halogens is 4. The molecule has 2 rings (SSSR count). The third kappa shape index (κ3) is 1.44. The maximum absolute atomic E-state index is 6.18. The van der Waals surface area contributed by atoms with E-state index in [4.69, 9.17) is 11.6 Å². The third-order valence-corrected chi connectivity index (χ3v) is 5.79. The molecule has 2 atom stereocenters. The second kappa shape index (κ2) is 3.54. The van der Waals surface area contributed by atoms with Crippen LogP contribution in [-0.2, 0) is 0 Å². The topological polar surface area (TPSA) is 0 Å². The molecule has 0 amide bonds. The summed E-state index contributed by atoms with van der Waals surface area (Å²) in [6, 6.07) is 0. The van der Waals surface area contributed by atoms with Crippen LogP contribution >= 0.6 is 70.7 Å². The molecule has 12 heavy (non-hydrogen) atoms. The molecule has 1 aromatic heterocycles. The van der Waals surface area contributed by atoms with Crippen LogP contribution in [0.2, 0.25) is 0 Å². The summed E-state index contributed by atoms with van der Waals surface area (Å²) in [4.78, 5) is 0.409. The van der Waals surface area contributed by atoms with Crippen molar-refractivity contribution in [3.05, 3.63) is 18.7 Å². The summed E-state index contributed by atoms with van der Waals surface area (Å²) in [5, 5.41) is 0.154. The van der Waals surface area contributed by atoms with E-state index in [-0.39, 0.29) is 5.38 Å². The standard InChI is InChI=1S/C7H4Br3ClS/c8-2-1-3(11)5-4(2)6(9)12-7(5)10/h2-3H,1H2/t2-,3+/m0/s1. The molecular weight excluding hydrogens is 391 g/mol. The highest BCUT2D eigenvalue weighted by molar-refractivity contribution is 9.12. The Bertz CT molecular complexity index is 294. The fourth-order valence-electron chi connectivity index (χ4n) is 1.40. The van der Waals surface area contributed by atoms with E-state index in [2.05, 4.69) is 47.8 Å². The molecule has 1 heterocycles. The second-order valence-corrected chi connectivity index (χ2v) is 7.94. The van der Waals surface area contributed by atoms with Gasteiger partial charge in [0.2, 0.25) is 0 Å². The van der Waals surface area contributed by atoms with Gasteiger partial charge >= 0.3 is 0 Å². The van der Waals surface area contributed by atoms with E-state index < -0.39 is 0 Å². The van der Waals surface area contributed by atoms with Crippen molar-refractivity contribution < 1.29 is 0 Å². The monoisotopic (exact) mass is 392 g/mol. The van der Waals surface area contributed by atoms with Gasteiger partial charge in [-0.15, -0.1) is 22.9 Å². The molecular formula is C7H4Br3ClS. The van der Waals surface area contributed by atoms with E-state index in [0.717, 1.165) is 10.2 Å². The summed E-state index contributed by atoms with van der Waals surface area (Å²) in [6.07, 6.45) is 0.983. The highest BCUT2D eigenvalue weighted by Gasteiger charge is 2.33. The van der Waals surface area contributed by atoms with Crippen molar-refractivity contribution >= 4 is 70.7 Å². The van der Waals surface area contributed by atoms with Crippen molar-refractivity contribution in [3.8, 4) is 0 Å². The van der Waals surface area contributed by atoms with Crippen molar-refractivity contribution in [2.75, 3.05) is 0 Å². The Kier molecular flexibility index (Phi) is 2.94. The van der Waals surface area contributed by atoms with Gasteiger partial charge in [0.05, 0.1) is 12.9 Å². The molecule has 0 unspecified atom stereocenters. The number of fused-ring (bicyclic) bond motifs is 1. The number of alkyl halides is 2. The van der Waals surface area contributed by atoms with Crippen LogP contribution in [0.25, 0.3) is 0 Å². The minimum atomic E-state index is 0.154. The lowest BCUT2D eigenvalue weighted by Gasteiger charge is -1.99. The number of thiophene rings is 1. The van der Waals surface area contributed by atoms with Gasteiger partial charge in [0.1, 0.15) is 0 Å². The predicted molar refractivity (Wildman–Crippen MR) is 64.6 cm³/mol. The Morgan fingerprint density at radius 3 is 2.42 bits per heavy atom. The minimum Gasteiger partial charge on any atom is -0.121 e. The van der Waals surface area contributed by atoms with Gasteiger partial charge in [-0.1, -0.05) is 15.9 Å². The van der Waals surface area contributed by atoms with Crippen LogP contribution in [0.5, 0.6) is 0 Å². The van der Waals surface area contributed by atoms with E-state index in [1.54, 1.807) is 11.3 Å². The van der Waals surface area contributed by atoms with Gasteiger partial charge in [0.15, 0.2) is 0 Å². The lowest BCUT2D eigenvalue weighted by atomic mass is 10.2.